The van der Waals surface area contributed by atoms with Crippen molar-refractivity contribution in [1.82, 2.24) is 4.90 Å². The van der Waals surface area contributed by atoms with E-state index >= 15 is 0 Å². The summed E-state index contributed by atoms with van der Waals surface area (Å²) in [6, 6.07) is 0.156. The van der Waals surface area contributed by atoms with Crippen molar-refractivity contribution in [2.75, 3.05) is 19.8 Å². The molecule has 1 aliphatic rings. The van der Waals surface area contributed by atoms with Gasteiger partial charge in [-0.05, 0) is 12.3 Å². The second-order valence-corrected chi connectivity index (χ2v) is 4.12. The van der Waals surface area contributed by atoms with E-state index < -0.39 is 0 Å². The summed E-state index contributed by atoms with van der Waals surface area (Å²) in [5, 5.41) is 8.88. The third-order valence-electron chi connectivity index (χ3n) is 2.38. The number of ether oxygens (including phenoxy) is 1. The van der Waals surface area contributed by atoms with E-state index in [-0.39, 0.29) is 18.7 Å². The first-order valence-corrected chi connectivity index (χ1v) is 5.19. The van der Waals surface area contributed by atoms with Gasteiger partial charge in [0, 0.05) is 25.6 Å². The number of hydrogen-bond donors (Lipinski definition) is 1. The van der Waals surface area contributed by atoms with Crippen molar-refractivity contribution in [2.24, 2.45) is 5.92 Å². The van der Waals surface area contributed by atoms with Crippen LogP contribution in [0.5, 0.6) is 0 Å². The van der Waals surface area contributed by atoms with Crippen LogP contribution in [0, 0.1) is 5.92 Å². The summed E-state index contributed by atoms with van der Waals surface area (Å²) in [5.41, 5.74) is 0. The van der Waals surface area contributed by atoms with Crippen LogP contribution in [0.1, 0.15) is 26.7 Å². The summed E-state index contributed by atoms with van der Waals surface area (Å²) in [5.74, 6) is 0.432. The van der Waals surface area contributed by atoms with Crippen LogP contribution in [0.4, 0.5) is 4.79 Å². The molecule has 4 heteroatoms. The number of carbonyl (C=O) groups is 1. The summed E-state index contributed by atoms with van der Waals surface area (Å²) in [7, 11) is 0. The van der Waals surface area contributed by atoms with E-state index in [0.29, 0.717) is 25.5 Å². The molecule has 0 bridgehead atoms. The smallest absolute Gasteiger partial charge is 0.410 e. The third-order valence-corrected chi connectivity index (χ3v) is 2.38. The Balaban J connectivity index is 2.56. The molecule has 0 aliphatic carbocycles. The number of cyclic esters (lactones) is 1. The summed E-state index contributed by atoms with van der Waals surface area (Å²) >= 11 is 0. The highest BCUT2D eigenvalue weighted by molar-refractivity contribution is 5.68. The molecule has 1 amide bonds. The number of hydrogen-bond acceptors (Lipinski definition) is 3. The van der Waals surface area contributed by atoms with Gasteiger partial charge < -0.3 is 14.7 Å². The zero-order chi connectivity index (χ0) is 10.6. The fourth-order valence-electron chi connectivity index (χ4n) is 1.74. The molecular formula is C10H19NO3. The van der Waals surface area contributed by atoms with Crippen LogP contribution in [0.15, 0.2) is 0 Å². The molecule has 1 fully saturated rings. The average Bonchev–Trinajstić information content (AvgIpc) is 2.11. The van der Waals surface area contributed by atoms with Gasteiger partial charge in [0.1, 0.15) is 0 Å². The molecule has 0 aromatic carbocycles. The maximum Gasteiger partial charge on any atom is 0.410 e. The first-order chi connectivity index (χ1) is 6.65. The molecule has 0 radical (unpaired) electrons. The minimum atomic E-state index is -0.233. The standard InChI is InChI=1S/C10H19NO3/c1-8(2)7-11-9(3-5-12)4-6-14-10(11)13/h8-9,12H,3-7H2,1-2H3. The highest BCUT2D eigenvalue weighted by Gasteiger charge is 2.29. The fourth-order valence-corrected chi connectivity index (χ4v) is 1.74. The summed E-state index contributed by atoms with van der Waals surface area (Å²) in [6.45, 7) is 5.46. The van der Waals surface area contributed by atoms with Crippen molar-refractivity contribution in [3.05, 3.63) is 0 Å². The molecule has 0 spiro atoms. The Hall–Kier alpha value is -0.770. The lowest BCUT2D eigenvalue weighted by Crippen LogP contribution is -2.47. The number of amides is 1. The largest absolute Gasteiger partial charge is 0.449 e. The predicted octanol–water partition coefficient (Wildman–Crippen LogP) is 1.24. The Kier molecular flexibility index (Phi) is 4.20. The molecule has 1 N–H and O–H groups in total. The quantitative estimate of drug-likeness (QED) is 0.744. The van der Waals surface area contributed by atoms with Crippen LogP contribution in [-0.2, 0) is 4.74 Å². The molecule has 1 aliphatic heterocycles. The maximum atomic E-state index is 11.4. The van der Waals surface area contributed by atoms with Crippen molar-refractivity contribution in [3.8, 4) is 0 Å². The Labute approximate surface area is 84.8 Å². The zero-order valence-electron chi connectivity index (χ0n) is 8.90. The lowest BCUT2D eigenvalue weighted by molar-refractivity contribution is 0.0318. The number of aliphatic hydroxyl groups excluding tert-OH is 1. The van der Waals surface area contributed by atoms with E-state index in [1.54, 1.807) is 4.90 Å². The monoisotopic (exact) mass is 201 g/mol. The van der Waals surface area contributed by atoms with E-state index in [9.17, 15) is 4.79 Å². The lowest BCUT2D eigenvalue weighted by Gasteiger charge is -2.35. The second-order valence-electron chi connectivity index (χ2n) is 4.12. The summed E-state index contributed by atoms with van der Waals surface area (Å²) in [4.78, 5) is 13.2. The van der Waals surface area contributed by atoms with Crippen LogP contribution in [-0.4, -0.2) is 41.9 Å². The van der Waals surface area contributed by atoms with Gasteiger partial charge in [0.25, 0.3) is 0 Å². The Morgan fingerprint density at radius 2 is 2.36 bits per heavy atom. The van der Waals surface area contributed by atoms with Gasteiger partial charge in [-0.3, -0.25) is 0 Å². The van der Waals surface area contributed by atoms with Gasteiger partial charge in [-0.25, -0.2) is 4.79 Å². The Bertz CT molecular complexity index is 192. The average molecular weight is 201 g/mol. The van der Waals surface area contributed by atoms with Gasteiger partial charge in [0.2, 0.25) is 0 Å². The molecule has 0 aromatic heterocycles. The van der Waals surface area contributed by atoms with Crippen molar-refractivity contribution < 1.29 is 14.6 Å². The molecule has 82 valence electrons. The van der Waals surface area contributed by atoms with Gasteiger partial charge in [-0.2, -0.15) is 0 Å². The van der Waals surface area contributed by atoms with Gasteiger partial charge in [-0.15, -0.1) is 0 Å². The molecular weight excluding hydrogens is 182 g/mol. The van der Waals surface area contributed by atoms with Gasteiger partial charge in [0.15, 0.2) is 0 Å². The topological polar surface area (TPSA) is 49.8 Å². The Morgan fingerprint density at radius 3 is 2.93 bits per heavy atom. The third kappa shape index (κ3) is 2.87. The van der Waals surface area contributed by atoms with E-state index in [1.165, 1.54) is 0 Å². The van der Waals surface area contributed by atoms with Crippen molar-refractivity contribution >= 4 is 6.09 Å². The number of rotatable bonds is 4. The summed E-state index contributed by atoms with van der Waals surface area (Å²) in [6.07, 6.45) is 1.25. The summed E-state index contributed by atoms with van der Waals surface area (Å²) < 4.78 is 4.97. The normalized spacial score (nSPS) is 22.7. The van der Waals surface area contributed by atoms with Crippen molar-refractivity contribution in [1.29, 1.82) is 0 Å². The Morgan fingerprint density at radius 1 is 1.64 bits per heavy atom. The molecule has 1 atom stereocenters. The number of nitrogens with zero attached hydrogens (tertiary/aromatic N) is 1. The van der Waals surface area contributed by atoms with Crippen molar-refractivity contribution in [2.45, 2.75) is 32.7 Å². The zero-order valence-corrected chi connectivity index (χ0v) is 8.90. The van der Waals surface area contributed by atoms with Crippen LogP contribution in [0.25, 0.3) is 0 Å². The second kappa shape index (κ2) is 5.20. The van der Waals surface area contributed by atoms with E-state index in [4.69, 9.17) is 9.84 Å². The molecule has 0 aromatic rings. The van der Waals surface area contributed by atoms with Crippen LogP contribution in [0.3, 0.4) is 0 Å². The molecule has 1 saturated heterocycles. The minimum Gasteiger partial charge on any atom is -0.449 e. The first-order valence-electron chi connectivity index (χ1n) is 5.19. The highest BCUT2D eigenvalue weighted by atomic mass is 16.6. The van der Waals surface area contributed by atoms with Gasteiger partial charge in [0.05, 0.1) is 6.61 Å². The minimum absolute atomic E-state index is 0.131. The molecule has 1 unspecified atom stereocenters. The van der Waals surface area contributed by atoms with E-state index in [2.05, 4.69) is 13.8 Å². The molecule has 1 rings (SSSR count). The highest BCUT2D eigenvalue weighted by Crippen LogP contribution is 2.17. The number of aliphatic hydroxyl groups is 1. The number of carbonyl (C=O) groups excluding carboxylic acids is 1. The lowest BCUT2D eigenvalue weighted by atomic mass is 10.1. The predicted molar refractivity (Wildman–Crippen MR) is 53.0 cm³/mol. The van der Waals surface area contributed by atoms with Crippen LogP contribution >= 0.6 is 0 Å². The SMILES string of the molecule is CC(C)CN1C(=O)OCCC1CCO. The van der Waals surface area contributed by atoms with Crippen molar-refractivity contribution in [3.63, 3.8) is 0 Å². The molecule has 4 nitrogen and oxygen atoms in total. The van der Waals surface area contributed by atoms with Gasteiger partial charge >= 0.3 is 6.09 Å². The van der Waals surface area contributed by atoms with E-state index in [0.717, 1.165) is 6.42 Å². The first kappa shape index (κ1) is 11.3. The fraction of sp³-hybridized carbons (Fsp3) is 0.900. The van der Waals surface area contributed by atoms with Gasteiger partial charge in [-0.1, -0.05) is 13.8 Å². The maximum absolute atomic E-state index is 11.4. The van der Waals surface area contributed by atoms with E-state index in [1.807, 2.05) is 0 Å². The van der Waals surface area contributed by atoms with Crippen LogP contribution < -0.4 is 0 Å². The van der Waals surface area contributed by atoms with Crippen LogP contribution in [0.2, 0.25) is 0 Å². The molecule has 0 saturated carbocycles. The molecule has 14 heavy (non-hydrogen) atoms. The molecule has 1 heterocycles.